The third-order valence-electron chi connectivity index (χ3n) is 2.48. The van der Waals surface area contributed by atoms with E-state index < -0.39 is 5.91 Å². The first-order valence-electron chi connectivity index (χ1n) is 5.05. The van der Waals surface area contributed by atoms with E-state index in [9.17, 15) is 4.79 Å². The van der Waals surface area contributed by atoms with Gasteiger partial charge in [-0.1, -0.05) is 29.3 Å². The van der Waals surface area contributed by atoms with Crippen LogP contribution >= 0.6 is 23.2 Å². The summed E-state index contributed by atoms with van der Waals surface area (Å²) in [4.78, 5) is 11.3. The number of carbonyl (C=O) groups is 1. The van der Waals surface area contributed by atoms with Gasteiger partial charge in [0.05, 0.1) is 15.7 Å². The summed E-state index contributed by atoms with van der Waals surface area (Å²) in [6.07, 6.45) is 0.416. The number of anilines is 1. The summed E-state index contributed by atoms with van der Waals surface area (Å²) in [5, 5.41) is 7.37. The van der Waals surface area contributed by atoms with Gasteiger partial charge in [0, 0.05) is 6.42 Å². The Morgan fingerprint density at radius 2 is 2.06 bits per heavy atom. The van der Waals surface area contributed by atoms with Crippen molar-refractivity contribution in [1.29, 1.82) is 0 Å². The molecule has 0 saturated heterocycles. The number of nitrogen functional groups attached to an aromatic ring is 1. The minimum absolute atomic E-state index is 0.0950. The van der Waals surface area contributed by atoms with Crippen LogP contribution in [0.15, 0.2) is 18.2 Å². The molecule has 5 nitrogen and oxygen atoms in total. The van der Waals surface area contributed by atoms with Crippen molar-refractivity contribution in [2.45, 2.75) is 6.42 Å². The number of aromatic nitrogens is 2. The van der Waals surface area contributed by atoms with Crippen molar-refractivity contribution in [2.24, 2.45) is 5.73 Å². The van der Waals surface area contributed by atoms with Crippen molar-refractivity contribution < 1.29 is 4.79 Å². The number of carbonyl (C=O) groups excluding carboxylic acids is 1. The average molecular weight is 285 g/mol. The molecule has 2 aromatic rings. The van der Waals surface area contributed by atoms with Crippen LogP contribution in [0.4, 0.5) is 5.82 Å². The third kappa shape index (κ3) is 2.42. The summed E-state index contributed by atoms with van der Waals surface area (Å²) in [5.41, 5.74) is 12.4. The number of primary amides is 1. The molecule has 7 heteroatoms. The number of nitrogens with one attached hydrogen (secondary N) is 1. The molecule has 18 heavy (non-hydrogen) atoms. The molecule has 94 valence electrons. The number of hydrogen-bond acceptors (Lipinski definition) is 3. The predicted molar refractivity (Wildman–Crippen MR) is 70.8 cm³/mol. The largest absolute Gasteiger partial charge is 0.382 e. The summed E-state index contributed by atoms with van der Waals surface area (Å²) in [6, 6.07) is 5.20. The van der Waals surface area contributed by atoms with Gasteiger partial charge in [-0.3, -0.25) is 9.89 Å². The maximum Gasteiger partial charge on any atom is 0.254 e. The second-order valence-corrected chi connectivity index (χ2v) is 4.57. The van der Waals surface area contributed by atoms with Crippen LogP contribution in [0.25, 0.3) is 0 Å². The highest BCUT2D eigenvalue weighted by Gasteiger charge is 2.16. The van der Waals surface area contributed by atoms with Crippen molar-refractivity contribution in [3.8, 4) is 0 Å². The number of nitrogens with zero attached hydrogens (tertiary/aromatic N) is 1. The Hall–Kier alpha value is -1.72. The number of H-pyrrole nitrogens is 1. The van der Waals surface area contributed by atoms with E-state index in [1.165, 1.54) is 0 Å². The summed E-state index contributed by atoms with van der Waals surface area (Å²) < 4.78 is 0. The first-order valence-corrected chi connectivity index (χ1v) is 5.81. The van der Waals surface area contributed by atoms with E-state index in [1.807, 2.05) is 0 Å². The van der Waals surface area contributed by atoms with Crippen molar-refractivity contribution in [3.05, 3.63) is 45.1 Å². The molecule has 0 unspecified atom stereocenters. The van der Waals surface area contributed by atoms with Crippen LogP contribution in [0.5, 0.6) is 0 Å². The summed E-state index contributed by atoms with van der Waals surface area (Å²) in [6.45, 7) is 0. The van der Waals surface area contributed by atoms with Crippen LogP contribution in [0, 0.1) is 0 Å². The Morgan fingerprint density at radius 1 is 1.33 bits per heavy atom. The van der Waals surface area contributed by atoms with Gasteiger partial charge in [0.25, 0.3) is 5.91 Å². The Labute approximate surface area is 113 Å². The topological polar surface area (TPSA) is 97.8 Å². The van der Waals surface area contributed by atoms with E-state index >= 15 is 0 Å². The lowest BCUT2D eigenvalue weighted by molar-refractivity contribution is 0.100. The maximum absolute atomic E-state index is 11.3. The zero-order chi connectivity index (χ0) is 13.3. The average Bonchev–Trinajstić information content (AvgIpc) is 2.65. The van der Waals surface area contributed by atoms with Crippen molar-refractivity contribution in [1.82, 2.24) is 10.2 Å². The zero-order valence-corrected chi connectivity index (χ0v) is 10.7. The Morgan fingerprint density at radius 3 is 2.67 bits per heavy atom. The quantitative estimate of drug-likeness (QED) is 0.804. The molecule has 5 N–H and O–H groups in total. The Balaban J connectivity index is 2.34. The molecule has 0 atom stereocenters. The second-order valence-electron chi connectivity index (χ2n) is 3.75. The number of rotatable bonds is 3. The standard InChI is InChI=1S/C11H10Cl2N4O/c12-6-2-1-5(3-7(6)13)4-8-9(11(15)18)10(14)17-16-8/h1-3H,4H2,(H2,15,18)(H3,14,16,17). The van der Waals surface area contributed by atoms with Crippen LogP contribution < -0.4 is 11.5 Å². The fraction of sp³-hybridized carbons (Fsp3) is 0.0909. The van der Waals surface area contributed by atoms with Gasteiger partial charge in [-0.05, 0) is 17.7 Å². The molecule has 1 amide bonds. The first-order chi connectivity index (χ1) is 8.49. The SMILES string of the molecule is NC(=O)c1c(N)n[nH]c1Cc1ccc(Cl)c(Cl)c1. The number of amides is 1. The van der Waals surface area contributed by atoms with E-state index in [2.05, 4.69) is 10.2 Å². The molecule has 0 fully saturated rings. The number of benzene rings is 1. The monoisotopic (exact) mass is 284 g/mol. The van der Waals surface area contributed by atoms with Gasteiger partial charge in [-0.15, -0.1) is 0 Å². The smallest absolute Gasteiger partial charge is 0.254 e. The molecule has 0 bridgehead atoms. The van der Waals surface area contributed by atoms with E-state index in [0.717, 1.165) is 5.56 Å². The van der Waals surface area contributed by atoms with E-state index in [0.29, 0.717) is 22.2 Å². The van der Waals surface area contributed by atoms with E-state index in [-0.39, 0.29) is 11.4 Å². The van der Waals surface area contributed by atoms with Gasteiger partial charge < -0.3 is 11.5 Å². The molecule has 1 aromatic heterocycles. The second kappa shape index (κ2) is 4.88. The lowest BCUT2D eigenvalue weighted by Crippen LogP contribution is -2.14. The van der Waals surface area contributed by atoms with Crippen molar-refractivity contribution in [2.75, 3.05) is 5.73 Å². The van der Waals surface area contributed by atoms with Gasteiger partial charge in [0.2, 0.25) is 0 Å². The lowest BCUT2D eigenvalue weighted by Gasteiger charge is -2.03. The molecule has 0 spiro atoms. The van der Waals surface area contributed by atoms with E-state index in [4.69, 9.17) is 34.7 Å². The molecule has 0 radical (unpaired) electrons. The molecule has 0 saturated carbocycles. The molecule has 0 aliphatic heterocycles. The van der Waals surface area contributed by atoms with Crippen molar-refractivity contribution >= 4 is 34.9 Å². The van der Waals surface area contributed by atoms with Crippen LogP contribution in [0.2, 0.25) is 10.0 Å². The normalized spacial score (nSPS) is 10.6. The minimum Gasteiger partial charge on any atom is -0.382 e. The first kappa shape index (κ1) is 12.7. The molecule has 0 aliphatic carbocycles. The van der Waals surface area contributed by atoms with E-state index in [1.54, 1.807) is 18.2 Å². The summed E-state index contributed by atoms with van der Waals surface area (Å²) in [7, 11) is 0. The van der Waals surface area contributed by atoms with Crippen LogP contribution in [-0.4, -0.2) is 16.1 Å². The highest BCUT2D eigenvalue weighted by atomic mass is 35.5. The minimum atomic E-state index is -0.615. The molecule has 2 rings (SSSR count). The Bertz CT molecular complexity index is 609. The molecular weight excluding hydrogens is 275 g/mol. The fourth-order valence-electron chi connectivity index (χ4n) is 1.65. The number of aromatic amines is 1. The van der Waals surface area contributed by atoms with Gasteiger partial charge in [0.1, 0.15) is 5.56 Å². The lowest BCUT2D eigenvalue weighted by atomic mass is 10.1. The Kier molecular flexibility index (Phi) is 3.45. The summed E-state index contributed by atoms with van der Waals surface area (Å²) in [5.74, 6) is -0.520. The molecular formula is C11H10Cl2N4O. The summed E-state index contributed by atoms with van der Waals surface area (Å²) >= 11 is 11.7. The number of hydrogen-bond donors (Lipinski definition) is 3. The van der Waals surface area contributed by atoms with Gasteiger partial charge in [-0.2, -0.15) is 5.10 Å². The number of halogens is 2. The van der Waals surface area contributed by atoms with Gasteiger partial charge in [-0.25, -0.2) is 0 Å². The molecule has 0 aliphatic rings. The van der Waals surface area contributed by atoms with Crippen LogP contribution in [0.1, 0.15) is 21.6 Å². The predicted octanol–water partition coefficient (Wildman–Crippen LogP) is 1.99. The third-order valence-corrected chi connectivity index (χ3v) is 3.22. The highest BCUT2D eigenvalue weighted by Crippen LogP contribution is 2.24. The molecule has 1 heterocycles. The zero-order valence-electron chi connectivity index (χ0n) is 9.21. The van der Waals surface area contributed by atoms with Gasteiger partial charge >= 0.3 is 0 Å². The van der Waals surface area contributed by atoms with Crippen LogP contribution in [-0.2, 0) is 6.42 Å². The van der Waals surface area contributed by atoms with Crippen molar-refractivity contribution in [3.63, 3.8) is 0 Å². The van der Waals surface area contributed by atoms with Gasteiger partial charge in [0.15, 0.2) is 5.82 Å². The highest BCUT2D eigenvalue weighted by molar-refractivity contribution is 6.42. The fourth-order valence-corrected chi connectivity index (χ4v) is 1.97. The van der Waals surface area contributed by atoms with Crippen LogP contribution in [0.3, 0.4) is 0 Å². The molecule has 1 aromatic carbocycles. The number of nitrogens with two attached hydrogens (primary N) is 2. The maximum atomic E-state index is 11.3.